The van der Waals surface area contributed by atoms with Crippen LogP contribution in [0.3, 0.4) is 0 Å². The molecule has 0 spiro atoms. The Morgan fingerprint density at radius 2 is 1.44 bits per heavy atom. The van der Waals surface area contributed by atoms with Crippen LogP contribution in [0.15, 0.2) is 104 Å². The highest BCUT2D eigenvalue weighted by atomic mass is 16.6. The van der Waals surface area contributed by atoms with Crippen LogP contribution in [0.2, 0.25) is 0 Å². The summed E-state index contributed by atoms with van der Waals surface area (Å²) in [6.45, 7) is 3.55. The van der Waals surface area contributed by atoms with E-state index in [1.165, 1.54) is 6.33 Å². The quantitative estimate of drug-likeness (QED) is 0.247. The van der Waals surface area contributed by atoms with Crippen molar-refractivity contribution in [1.29, 1.82) is 0 Å². The molecular weight excluding hydrogens is 518 g/mol. The van der Waals surface area contributed by atoms with Crippen LogP contribution >= 0.6 is 0 Å². The number of nitrogens with zero attached hydrogens (tertiary/aromatic N) is 4. The molecule has 1 saturated heterocycles. The van der Waals surface area contributed by atoms with E-state index < -0.39 is 23.9 Å². The molecule has 5 aromatic rings. The van der Waals surface area contributed by atoms with Gasteiger partial charge in [0.2, 0.25) is 0 Å². The molecule has 0 radical (unpaired) electrons. The summed E-state index contributed by atoms with van der Waals surface area (Å²) in [5.41, 5.74) is 9.52. The number of nitrogens with two attached hydrogens (primary N) is 1. The molecule has 0 amide bonds. The van der Waals surface area contributed by atoms with Crippen LogP contribution in [-0.2, 0) is 38.8 Å². The third kappa shape index (κ3) is 5.84. The van der Waals surface area contributed by atoms with Crippen molar-refractivity contribution >= 4 is 11.5 Å². The van der Waals surface area contributed by atoms with E-state index in [1.807, 2.05) is 97.9 Å². The molecule has 0 aliphatic carbocycles. The van der Waals surface area contributed by atoms with Gasteiger partial charge in [-0.3, -0.25) is 0 Å². The van der Waals surface area contributed by atoms with Gasteiger partial charge in [-0.15, -0.1) is 0 Å². The summed E-state index contributed by atoms with van der Waals surface area (Å²) in [7, 11) is 0. The van der Waals surface area contributed by atoms with Crippen LogP contribution in [-0.4, -0.2) is 44.0 Å². The van der Waals surface area contributed by atoms with Crippen LogP contribution in [0.1, 0.15) is 35.4 Å². The van der Waals surface area contributed by atoms with E-state index in [1.54, 1.807) is 10.7 Å². The predicted octanol–water partition coefficient (Wildman–Crippen LogP) is 4.92. The third-order valence-electron chi connectivity index (χ3n) is 7.42. The first kappa shape index (κ1) is 27.0. The Morgan fingerprint density at radius 3 is 2.10 bits per heavy atom. The number of aromatic nitrogens is 4. The zero-order valence-corrected chi connectivity index (χ0v) is 22.9. The molecule has 9 heteroatoms. The molecule has 0 bridgehead atoms. The van der Waals surface area contributed by atoms with Crippen molar-refractivity contribution in [2.75, 3.05) is 12.3 Å². The molecule has 2 aromatic heterocycles. The lowest BCUT2D eigenvalue weighted by atomic mass is 9.90. The van der Waals surface area contributed by atoms with Crippen molar-refractivity contribution in [3.63, 3.8) is 0 Å². The third-order valence-corrected chi connectivity index (χ3v) is 7.42. The first-order valence-corrected chi connectivity index (χ1v) is 13.7. The summed E-state index contributed by atoms with van der Waals surface area (Å²) in [4.78, 5) is 8.59. The highest BCUT2D eigenvalue weighted by Crippen LogP contribution is 2.46. The molecule has 2 N–H and O–H groups in total. The topological polar surface area (TPSA) is 106 Å². The van der Waals surface area contributed by atoms with Gasteiger partial charge in [0, 0.05) is 0 Å². The fourth-order valence-electron chi connectivity index (χ4n) is 5.29. The molecule has 41 heavy (non-hydrogen) atoms. The minimum Gasteiger partial charge on any atom is -0.381 e. The van der Waals surface area contributed by atoms with Crippen LogP contribution in [0, 0.1) is 0 Å². The molecular formula is C32H33N5O4. The first-order chi connectivity index (χ1) is 20.1. The minimum atomic E-state index is -0.929. The highest BCUT2D eigenvalue weighted by Gasteiger charge is 2.57. The van der Waals surface area contributed by atoms with Crippen LogP contribution in [0.4, 0.5) is 5.82 Å². The van der Waals surface area contributed by atoms with Gasteiger partial charge in [-0.05, 0) is 23.6 Å². The van der Waals surface area contributed by atoms with E-state index >= 15 is 0 Å². The van der Waals surface area contributed by atoms with Gasteiger partial charge < -0.3 is 24.7 Å². The van der Waals surface area contributed by atoms with Gasteiger partial charge in [0.15, 0.2) is 11.5 Å². The lowest BCUT2D eigenvalue weighted by Gasteiger charge is -2.35. The summed E-state index contributed by atoms with van der Waals surface area (Å²) >= 11 is 0. The van der Waals surface area contributed by atoms with Crippen molar-refractivity contribution in [2.24, 2.45) is 0 Å². The lowest BCUT2D eigenvalue weighted by molar-refractivity contribution is -0.148. The van der Waals surface area contributed by atoms with Crippen LogP contribution < -0.4 is 5.73 Å². The van der Waals surface area contributed by atoms with Crippen LogP contribution in [0.5, 0.6) is 0 Å². The fraction of sp³-hybridized carbons (Fsp3) is 0.281. The van der Waals surface area contributed by atoms with Crippen molar-refractivity contribution in [1.82, 2.24) is 19.6 Å². The molecule has 210 valence electrons. The number of rotatable bonds is 11. The smallest absolute Gasteiger partial charge is 0.196 e. The average molecular weight is 552 g/mol. The summed E-state index contributed by atoms with van der Waals surface area (Å²) < 4.78 is 28.0. The maximum atomic E-state index is 6.77. The standard InChI is InChI=1S/C32H33N5O4/c1-32(40-20-25-15-9-4-10-16-25)28(26-17-34-31-30(33)35-22-36-37(26)31)41-27(21-38-18-23-11-5-2-6-12-23)29(32)39-19-24-13-7-3-8-14-24/h2-17,22,27-29H,18-21H2,1H3,(H2,33,35,36)/t27-,28?,29-,32+/m1/s1. The number of nitrogen functional groups attached to an aromatic ring is 1. The molecule has 3 aromatic carbocycles. The number of imidazole rings is 1. The molecule has 1 aliphatic rings. The monoisotopic (exact) mass is 551 g/mol. The van der Waals surface area contributed by atoms with Gasteiger partial charge in [-0.25, -0.2) is 14.5 Å². The van der Waals surface area contributed by atoms with Crippen molar-refractivity contribution < 1.29 is 18.9 Å². The SMILES string of the molecule is C[C@]1(OCc2ccccc2)C(c2cnc3c(N)ncnn23)O[C@H](COCc2ccccc2)[C@H]1OCc1ccccc1. The zero-order chi connectivity index (χ0) is 28.1. The Labute approximate surface area is 238 Å². The number of hydrogen-bond acceptors (Lipinski definition) is 8. The molecule has 4 atom stereocenters. The average Bonchev–Trinajstić information content (AvgIpc) is 3.56. The number of anilines is 1. The van der Waals surface area contributed by atoms with E-state index in [0.29, 0.717) is 37.8 Å². The molecule has 1 unspecified atom stereocenters. The van der Waals surface area contributed by atoms with E-state index in [0.717, 1.165) is 16.7 Å². The first-order valence-electron chi connectivity index (χ1n) is 13.7. The molecule has 1 fully saturated rings. The van der Waals surface area contributed by atoms with Gasteiger partial charge in [0.1, 0.15) is 30.2 Å². The van der Waals surface area contributed by atoms with Gasteiger partial charge in [-0.2, -0.15) is 5.10 Å². The Balaban J connectivity index is 1.34. The second-order valence-electron chi connectivity index (χ2n) is 10.3. The second kappa shape index (κ2) is 12.2. The second-order valence-corrected chi connectivity index (χ2v) is 10.3. The van der Waals surface area contributed by atoms with E-state index in [-0.39, 0.29) is 5.82 Å². The van der Waals surface area contributed by atoms with Gasteiger partial charge in [-0.1, -0.05) is 91.0 Å². The Hall–Kier alpha value is -4.15. The van der Waals surface area contributed by atoms with Gasteiger partial charge >= 0.3 is 0 Å². The van der Waals surface area contributed by atoms with Crippen LogP contribution in [0.25, 0.3) is 5.65 Å². The Bertz CT molecular complexity index is 1550. The number of ether oxygens (including phenoxy) is 4. The largest absolute Gasteiger partial charge is 0.381 e. The predicted molar refractivity (Wildman–Crippen MR) is 154 cm³/mol. The van der Waals surface area contributed by atoms with Gasteiger partial charge in [0.05, 0.1) is 38.3 Å². The fourth-order valence-corrected chi connectivity index (χ4v) is 5.29. The number of fused-ring (bicyclic) bond motifs is 1. The van der Waals surface area contributed by atoms with Gasteiger partial charge in [0.25, 0.3) is 0 Å². The molecule has 9 nitrogen and oxygen atoms in total. The minimum absolute atomic E-state index is 0.288. The Kier molecular flexibility index (Phi) is 8.02. The van der Waals surface area contributed by atoms with Crippen molar-refractivity contribution in [3.05, 3.63) is 126 Å². The summed E-state index contributed by atoms with van der Waals surface area (Å²) in [5.74, 6) is 0.288. The summed E-state index contributed by atoms with van der Waals surface area (Å²) in [6, 6.07) is 30.2. The number of benzene rings is 3. The van der Waals surface area contributed by atoms with E-state index in [9.17, 15) is 0 Å². The summed E-state index contributed by atoms with van der Waals surface area (Å²) in [6.07, 6.45) is 1.64. The maximum Gasteiger partial charge on any atom is 0.196 e. The zero-order valence-electron chi connectivity index (χ0n) is 22.9. The number of hydrogen-bond donors (Lipinski definition) is 1. The van der Waals surface area contributed by atoms with Crippen molar-refractivity contribution in [2.45, 2.75) is 50.7 Å². The highest BCUT2D eigenvalue weighted by molar-refractivity contribution is 5.59. The molecule has 1 aliphatic heterocycles. The maximum absolute atomic E-state index is 6.77. The normalized spacial score (nSPS) is 22.3. The molecule has 3 heterocycles. The molecule has 6 rings (SSSR count). The Morgan fingerprint density at radius 1 is 0.829 bits per heavy atom. The lowest BCUT2D eigenvalue weighted by Crippen LogP contribution is -2.47. The van der Waals surface area contributed by atoms with E-state index in [2.05, 4.69) is 15.1 Å². The molecule has 0 saturated carbocycles. The van der Waals surface area contributed by atoms with Crippen molar-refractivity contribution in [3.8, 4) is 0 Å². The summed E-state index contributed by atoms with van der Waals surface area (Å²) in [5, 5.41) is 4.43. The van der Waals surface area contributed by atoms with E-state index in [4.69, 9.17) is 24.7 Å².